The van der Waals surface area contributed by atoms with E-state index in [9.17, 15) is 14.4 Å². The van der Waals surface area contributed by atoms with Crippen LogP contribution in [0.15, 0.2) is 39.7 Å². The van der Waals surface area contributed by atoms with E-state index in [1.165, 1.54) is 39.4 Å². The minimum Gasteiger partial charge on any atom is -0.493 e. The first-order valence-corrected chi connectivity index (χ1v) is 7.94. The molecule has 28 heavy (non-hydrogen) atoms. The van der Waals surface area contributed by atoms with Crippen LogP contribution in [0, 0.1) is 0 Å². The molecule has 1 N–H and O–H groups in total. The lowest BCUT2D eigenvalue weighted by Crippen LogP contribution is -2.12. The molecule has 0 saturated carbocycles. The normalized spacial score (nSPS) is 10.6. The van der Waals surface area contributed by atoms with E-state index in [1.54, 1.807) is 0 Å². The Labute approximate surface area is 159 Å². The molecule has 0 bridgehead atoms. The van der Waals surface area contributed by atoms with Crippen molar-refractivity contribution in [2.45, 2.75) is 13.5 Å². The first-order valence-electron chi connectivity index (χ1n) is 7.94. The molecule has 9 nitrogen and oxygen atoms in total. The fourth-order valence-electron chi connectivity index (χ4n) is 2.14. The summed E-state index contributed by atoms with van der Waals surface area (Å²) < 4.78 is 25.3. The average Bonchev–Trinajstić information content (AvgIpc) is 2.67. The summed E-state index contributed by atoms with van der Waals surface area (Å²) in [6.45, 7) is 0.794. The maximum Gasteiger partial charge on any atom is 0.336 e. The number of aliphatic hydroxyl groups is 1. The molecule has 148 valence electrons. The summed E-state index contributed by atoms with van der Waals surface area (Å²) >= 11 is 0. The van der Waals surface area contributed by atoms with Crippen LogP contribution in [-0.4, -0.2) is 31.3 Å². The number of benzene rings is 1. The molecule has 1 aromatic heterocycles. The molecule has 0 amide bonds. The Morgan fingerprint density at radius 1 is 1.07 bits per heavy atom. The Bertz CT molecular complexity index is 931. The number of aliphatic hydroxyl groups excluding tert-OH is 1. The van der Waals surface area contributed by atoms with E-state index >= 15 is 0 Å². The van der Waals surface area contributed by atoms with Crippen molar-refractivity contribution in [2.75, 3.05) is 14.2 Å². The van der Waals surface area contributed by atoms with Gasteiger partial charge in [-0.2, -0.15) is 0 Å². The summed E-state index contributed by atoms with van der Waals surface area (Å²) in [7, 11) is 2.78. The molecular weight excluding hydrogens is 372 g/mol. The van der Waals surface area contributed by atoms with Crippen LogP contribution in [0.3, 0.4) is 0 Å². The molecule has 0 aliphatic carbocycles. The quantitative estimate of drug-likeness (QED) is 0.427. The number of ether oxygens (including phenoxy) is 4. The monoisotopic (exact) mass is 390 g/mol. The van der Waals surface area contributed by atoms with Gasteiger partial charge in [-0.25, -0.2) is 4.79 Å². The van der Waals surface area contributed by atoms with Crippen LogP contribution >= 0.6 is 0 Å². The minimum atomic E-state index is -0.828. The zero-order valence-corrected chi connectivity index (χ0v) is 15.4. The smallest absolute Gasteiger partial charge is 0.336 e. The Hall–Kier alpha value is -3.59. The standard InChI is InChI=1S/C19H18O9/c1-11(21)27-19-15(24-2)6-12(7-16(19)25-3)4-5-18(23)28-17-10-26-13(9-20)8-14(17)22/h4-8,10,20H,9H2,1-3H3/b5-4+. The van der Waals surface area contributed by atoms with Gasteiger partial charge in [-0.3, -0.25) is 9.59 Å². The van der Waals surface area contributed by atoms with Gasteiger partial charge in [-0.1, -0.05) is 0 Å². The van der Waals surface area contributed by atoms with E-state index in [4.69, 9.17) is 28.5 Å². The molecule has 0 spiro atoms. The predicted octanol–water partition coefficient (Wildman–Crippen LogP) is 1.69. The van der Waals surface area contributed by atoms with Gasteiger partial charge in [-0.05, 0) is 23.8 Å². The Kier molecular flexibility index (Phi) is 6.94. The van der Waals surface area contributed by atoms with Crippen molar-refractivity contribution >= 4 is 18.0 Å². The Morgan fingerprint density at radius 2 is 1.71 bits per heavy atom. The van der Waals surface area contributed by atoms with Crippen molar-refractivity contribution in [3.8, 4) is 23.0 Å². The lowest BCUT2D eigenvalue weighted by Gasteiger charge is -2.13. The third kappa shape index (κ3) is 5.21. The first-order chi connectivity index (χ1) is 13.4. The number of methoxy groups -OCH3 is 2. The minimum absolute atomic E-state index is 0.0485. The summed E-state index contributed by atoms with van der Waals surface area (Å²) in [5.74, 6) is -1.08. The van der Waals surface area contributed by atoms with Gasteiger partial charge in [-0.15, -0.1) is 0 Å². The van der Waals surface area contributed by atoms with Crippen LogP contribution in [-0.2, 0) is 16.2 Å². The molecule has 0 fully saturated rings. The van der Waals surface area contributed by atoms with Gasteiger partial charge < -0.3 is 28.5 Å². The van der Waals surface area contributed by atoms with Gasteiger partial charge in [0.2, 0.25) is 16.9 Å². The highest BCUT2D eigenvalue weighted by atomic mass is 16.6. The number of carbonyl (C=O) groups is 2. The molecular formula is C19H18O9. The maximum atomic E-state index is 11.9. The second-order valence-electron chi connectivity index (χ2n) is 5.34. The number of esters is 2. The third-order valence-corrected chi connectivity index (χ3v) is 3.36. The molecule has 0 radical (unpaired) electrons. The number of carbonyl (C=O) groups excluding carboxylic acids is 2. The van der Waals surface area contributed by atoms with E-state index in [1.807, 2.05) is 0 Å². The van der Waals surface area contributed by atoms with E-state index in [2.05, 4.69) is 0 Å². The molecule has 0 aliphatic rings. The number of hydrogen-bond acceptors (Lipinski definition) is 9. The fraction of sp³-hybridized carbons (Fsp3) is 0.211. The molecule has 0 unspecified atom stereocenters. The molecule has 1 heterocycles. The summed E-state index contributed by atoms with van der Waals surface area (Å²) in [6.07, 6.45) is 3.42. The summed E-state index contributed by atoms with van der Waals surface area (Å²) in [4.78, 5) is 34.9. The van der Waals surface area contributed by atoms with Crippen LogP contribution in [0.2, 0.25) is 0 Å². The second kappa shape index (κ2) is 9.38. The van der Waals surface area contributed by atoms with Crippen molar-refractivity contribution in [2.24, 2.45) is 0 Å². The summed E-state index contributed by atoms with van der Waals surface area (Å²) in [5.41, 5.74) is -0.115. The topological polar surface area (TPSA) is 122 Å². The van der Waals surface area contributed by atoms with Crippen molar-refractivity contribution in [1.29, 1.82) is 0 Å². The van der Waals surface area contributed by atoms with Crippen LogP contribution in [0.25, 0.3) is 6.08 Å². The molecule has 1 aromatic carbocycles. The lowest BCUT2D eigenvalue weighted by atomic mass is 10.1. The lowest BCUT2D eigenvalue weighted by molar-refractivity contribution is -0.132. The Morgan fingerprint density at radius 3 is 2.21 bits per heavy atom. The third-order valence-electron chi connectivity index (χ3n) is 3.36. The zero-order chi connectivity index (χ0) is 20.7. The van der Waals surface area contributed by atoms with Crippen LogP contribution in [0.4, 0.5) is 0 Å². The second-order valence-corrected chi connectivity index (χ2v) is 5.34. The predicted molar refractivity (Wildman–Crippen MR) is 96.4 cm³/mol. The molecule has 2 aromatic rings. The van der Waals surface area contributed by atoms with Gasteiger partial charge >= 0.3 is 11.9 Å². The maximum absolute atomic E-state index is 11.9. The van der Waals surface area contributed by atoms with Crippen molar-refractivity contribution in [3.63, 3.8) is 0 Å². The van der Waals surface area contributed by atoms with E-state index in [-0.39, 0.29) is 28.8 Å². The average molecular weight is 390 g/mol. The number of hydrogen-bond donors (Lipinski definition) is 1. The highest BCUT2D eigenvalue weighted by Crippen LogP contribution is 2.39. The van der Waals surface area contributed by atoms with E-state index in [0.717, 1.165) is 18.4 Å². The highest BCUT2D eigenvalue weighted by molar-refractivity contribution is 5.89. The largest absolute Gasteiger partial charge is 0.493 e. The van der Waals surface area contributed by atoms with Gasteiger partial charge in [0.25, 0.3) is 0 Å². The number of rotatable bonds is 7. The highest BCUT2D eigenvalue weighted by Gasteiger charge is 2.15. The first kappa shape index (κ1) is 20.7. The fourth-order valence-corrected chi connectivity index (χ4v) is 2.14. The van der Waals surface area contributed by atoms with Crippen molar-refractivity contribution in [3.05, 3.63) is 52.1 Å². The van der Waals surface area contributed by atoms with Gasteiger partial charge in [0.15, 0.2) is 11.5 Å². The van der Waals surface area contributed by atoms with Crippen molar-refractivity contribution < 1.29 is 38.1 Å². The van der Waals surface area contributed by atoms with Gasteiger partial charge in [0.05, 0.1) is 14.2 Å². The van der Waals surface area contributed by atoms with Gasteiger partial charge in [0.1, 0.15) is 18.6 Å². The Balaban J connectivity index is 2.22. The molecule has 0 aliphatic heterocycles. The van der Waals surface area contributed by atoms with Gasteiger partial charge in [0, 0.05) is 19.1 Å². The molecule has 9 heteroatoms. The van der Waals surface area contributed by atoms with Crippen LogP contribution in [0.5, 0.6) is 23.0 Å². The van der Waals surface area contributed by atoms with E-state index in [0.29, 0.717) is 5.56 Å². The zero-order valence-electron chi connectivity index (χ0n) is 15.4. The molecule has 2 rings (SSSR count). The van der Waals surface area contributed by atoms with Crippen LogP contribution < -0.4 is 24.4 Å². The molecule has 0 saturated heterocycles. The summed E-state index contributed by atoms with van der Waals surface area (Å²) in [5, 5.41) is 8.90. The SMILES string of the molecule is COc1cc(/C=C/C(=O)Oc2coc(CO)cc2=O)cc(OC)c1OC(C)=O. The van der Waals surface area contributed by atoms with Crippen molar-refractivity contribution in [1.82, 2.24) is 0 Å². The van der Waals surface area contributed by atoms with Crippen LogP contribution in [0.1, 0.15) is 18.2 Å². The molecule has 0 atom stereocenters. The summed E-state index contributed by atoms with van der Waals surface area (Å²) in [6, 6.07) is 4.07. The van der Waals surface area contributed by atoms with E-state index < -0.39 is 24.0 Å².